The molecule has 0 unspecified atom stereocenters. The molecular formula is C22H23N2O3-. The van der Waals surface area contributed by atoms with E-state index in [-0.39, 0.29) is 11.8 Å². The van der Waals surface area contributed by atoms with E-state index in [0.29, 0.717) is 5.56 Å². The molecule has 1 amide bonds. The number of carboxylic acid groups (broad SMARTS) is 1. The maximum absolute atomic E-state index is 12.5. The molecule has 0 bridgehead atoms. The highest BCUT2D eigenvalue weighted by Crippen LogP contribution is 2.22. The third-order valence-corrected chi connectivity index (χ3v) is 4.70. The van der Waals surface area contributed by atoms with Gasteiger partial charge < -0.3 is 20.2 Å². The Morgan fingerprint density at radius 3 is 2.37 bits per heavy atom. The summed E-state index contributed by atoms with van der Waals surface area (Å²) in [6.45, 7) is 6.28. The van der Waals surface area contributed by atoms with Gasteiger partial charge in [0.15, 0.2) is 0 Å². The zero-order valence-electron chi connectivity index (χ0n) is 15.7. The Kier molecular flexibility index (Phi) is 5.04. The van der Waals surface area contributed by atoms with E-state index in [9.17, 15) is 14.7 Å². The van der Waals surface area contributed by atoms with Crippen LogP contribution in [0.5, 0.6) is 0 Å². The fourth-order valence-corrected chi connectivity index (χ4v) is 3.08. The van der Waals surface area contributed by atoms with Crippen LogP contribution in [0.3, 0.4) is 0 Å². The fraction of sp³-hybridized carbons (Fsp3) is 0.273. The number of aromatic amines is 1. The number of nitrogens with one attached hydrogen (secondary N) is 2. The molecule has 0 spiro atoms. The number of hydrogen-bond acceptors (Lipinski definition) is 3. The molecule has 3 rings (SSSR count). The molecule has 5 heteroatoms. The number of amides is 1. The molecule has 2 aromatic carbocycles. The first-order valence-electron chi connectivity index (χ1n) is 8.93. The molecule has 0 aliphatic carbocycles. The van der Waals surface area contributed by atoms with Crippen molar-refractivity contribution in [3.8, 4) is 0 Å². The Morgan fingerprint density at radius 2 is 1.74 bits per heavy atom. The first-order valence-corrected chi connectivity index (χ1v) is 8.93. The topological polar surface area (TPSA) is 85.0 Å². The highest BCUT2D eigenvalue weighted by atomic mass is 16.4. The number of benzene rings is 2. The van der Waals surface area contributed by atoms with Crippen LogP contribution in [0.25, 0.3) is 10.9 Å². The average Bonchev–Trinajstić information content (AvgIpc) is 3.03. The number of fused-ring (bicyclic) bond motifs is 1. The van der Waals surface area contributed by atoms with Gasteiger partial charge in [0.2, 0.25) is 0 Å². The van der Waals surface area contributed by atoms with Crippen molar-refractivity contribution in [3.05, 3.63) is 71.4 Å². The minimum atomic E-state index is -1.31. The third kappa shape index (κ3) is 4.19. The van der Waals surface area contributed by atoms with Crippen LogP contribution < -0.4 is 10.4 Å². The van der Waals surface area contributed by atoms with E-state index in [2.05, 4.69) is 31.1 Å². The molecule has 0 aliphatic heterocycles. The minimum Gasteiger partial charge on any atom is -0.548 e. The Hall–Kier alpha value is -3.08. The molecule has 0 radical (unpaired) electrons. The highest BCUT2D eigenvalue weighted by molar-refractivity contribution is 5.96. The van der Waals surface area contributed by atoms with E-state index in [4.69, 9.17) is 0 Å². The predicted octanol–water partition coefficient (Wildman–Crippen LogP) is 2.56. The number of aromatic nitrogens is 1. The molecule has 1 atom stereocenters. The average molecular weight is 363 g/mol. The van der Waals surface area contributed by atoms with Crippen LogP contribution >= 0.6 is 0 Å². The van der Waals surface area contributed by atoms with Crippen molar-refractivity contribution in [3.63, 3.8) is 0 Å². The number of carbonyl (C=O) groups is 2. The van der Waals surface area contributed by atoms with Gasteiger partial charge in [-0.2, -0.15) is 0 Å². The van der Waals surface area contributed by atoms with Gasteiger partial charge in [0.25, 0.3) is 5.91 Å². The largest absolute Gasteiger partial charge is 0.548 e. The summed E-state index contributed by atoms with van der Waals surface area (Å²) < 4.78 is 0. The second kappa shape index (κ2) is 7.27. The number of hydrogen-bond donors (Lipinski definition) is 2. The lowest BCUT2D eigenvalue weighted by atomic mass is 9.86. The summed E-state index contributed by atoms with van der Waals surface area (Å²) in [5.74, 6) is -1.73. The zero-order chi connectivity index (χ0) is 19.6. The molecule has 0 fully saturated rings. The first-order chi connectivity index (χ1) is 12.8. The van der Waals surface area contributed by atoms with Crippen LogP contribution in [0.4, 0.5) is 0 Å². The van der Waals surface area contributed by atoms with E-state index in [1.165, 1.54) is 0 Å². The Balaban J connectivity index is 1.76. The summed E-state index contributed by atoms with van der Waals surface area (Å²) in [7, 11) is 0. The van der Waals surface area contributed by atoms with Crippen molar-refractivity contribution < 1.29 is 14.7 Å². The Labute approximate surface area is 158 Å². The third-order valence-electron chi connectivity index (χ3n) is 4.70. The van der Waals surface area contributed by atoms with Gasteiger partial charge in [0, 0.05) is 29.1 Å². The lowest BCUT2D eigenvalue weighted by Gasteiger charge is -2.21. The highest BCUT2D eigenvalue weighted by Gasteiger charge is 2.18. The van der Waals surface area contributed by atoms with Crippen molar-refractivity contribution in [1.82, 2.24) is 10.3 Å². The molecule has 2 N–H and O–H groups in total. The maximum atomic E-state index is 12.5. The molecule has 1 aromatic heterocycles. The molecule has 140 valence electrons. The van der Waals surface area contributed by atoms with Gasteiger partial charge in [0.05, 0.1) is 12.0 Å². The van der Waals surface area contributed by atoms with Crippen LogP contribution in [-0.4, -0.2) is 22.9 Å². The lowest BCUT2D eigenvalue weighted by molar-refractivity contribution is -0.308. The molecule has 1 heterocycles. The second-order valence-electron chi connectivity index (χ2n) is 7.74. The Bertz CT molecular complexity index is 965. The SMILES string of the molecule is CC(C)(C)c1ccc(C(=O)N[C@H](Cc2c[nH]c3ccccc23)C(=O)[O-])cc1. The van der Waals surface area contributed by atoms with Gasteiger partial charge in [-0.15, -0.1) is 0 Å². The molecular weight excluding hydrogens is 340 g/mol. The fourth-order valence-electron chi connectivity index (χ4n) is 3.08. The first kappa shape index (κ1) is 18.7. The quantitative estimate of drug-likeness (QED) is 0.730. The van der Waals surface area contributed by atoms with E-state index < -0.39 is 17.9 Å². The van der Waals surface area contributed by atoms with Gasteiger partial charge >= 0.3 is 0 Å². The molecule has 5 nitrogen and oxygen atoms in total. The van der Waals surface area contributed by atoms with E-state index in [0.717, 1.165) is 22.0 Å². The lowest BCUT2D eigenvalue weighted by Crippen LogP contribution is -2.49. The smallest absolute Gasteiger partial charge is 0.251 e. The van der Waals surface area contributed by atoms with Gasteiger partial charge in [-0.3, -0.25) is 4.79 Å². The van der Waals surface area contributed by atoms with Gasteiger partial charge in [0.1, 0.15) is 0 Å². The standard InChI is InChI=1S/C22H24N2O3/c1-22(2,3)16-10-8-14(9-11-16)20(25)24-19(21(26)27)12-15-13-23-18-7-5-4-6-17(15)18/h4-11,13,19,23H,12H2,1-3H3,(H,24,25)(H,26,27)/p-1/t19-/m1/s1. The number of para-hydroxylation sites is 1. The van der Waals surface area contributed by atoms with Crippen LogP contribution in [0.15, 0.2) is 54.7 Å². The normalized spacial score (nSPS) is 12.7. The summed E-state index contributed by atoms with van der Waals surface area (Å²) in [5, 5.41) is 15.1. The predicted molar refractivity (Wildman–Crippen MR) is 103 cm³/mol. The number of carbonyl (C=O) groups excluding carboxylic acids is 2. The Morgan fingerprint density at radius 1 is 1.07 bits per heavy atom. The summed E-state index contributed by atoms with van der Waals surface area (Å²) in [6.07, 6.45) is 1.92. The second-order valence-corrected chi connectivity index (χ2v) is 7.74. The molecule has 3 aromatic rings. The zero-order valence-corrected chi connectivity index (χ0v) is 15.7. The number of H-pyrrole nitrogens is 1. The summed E-state index contributed by atoms with van der Waals surface area (Å²) in [5.41, 5.74) is 3.26. The van der Waals surface area contributed by atoms with Gasteiger partial charge in [-0.05, 0) is 34.7 Å². The maximum Gasteiger partial charge on any atom is 0.251 e. The van der Waals surface area contributed by atoms with E-state index in [1.807, 2.05) is 36.4 Å². The number of aliphatic carboxylic acids is 1. The van der Waals surface area contributed by atoms with Crippen LogP contribution in [0.1, 0.15) is 42.3 Å². The minimum absolute atomic E-state index is 0.0160. The number of carboxylic acids is 1. The van der Waals surface area contributed by atoms with Crippen LogP contribution in [-0.2, 0) is 16.6 Å². The summed E-state index contributed by atoms with van der Waals surface area (Å²) in [4.78, 5) is 27.2. The molecule has 0 aliphatic rings. The van der Waals surface area contributed by atoms with Crippen molar-refractivity contribution in [2.24, 2.45) is 0 Å². The molecule has 0 saturated carbocycles. The number of rotatable bonds is 5. The van der Waals surface area contributed by atoms with Gasteiger partial charge in [-0.1, -0.05) is 51.1 Å². The van der Waals surface area contributed by atoms with E-state index >= 15 is 0 Å². The summed E-state index contributed by atoms with van der Waals surface area (Å²) in [6, 6.07) is 13.7. The van der Waals surface area contributed by atoms with Crippen molar-refractivity contribution in [2.45, 2.75) is 38.6 Å². The van der Waals surface area contributed by atoms with E-state index in [1.54, 1.807) is 18.3 Å². The van der Waals surface area contributed by atoms with Crippen LogP contribution in [0, 0.1) is 0 Å². The summed E-state index contributed by atoms with van der Waals surface area (Å²) >= 11 is 0. The van der Waals surface area contributed by atoms with Crippen molar-refractivity contribution in [2.75, 3.05) is 0 Å². The van der Waals surface area contributed by atoms with Crippen molar-refractivity contribution in [1.29, 1.82) is 0 Å². The monoisotopic (exact) mass is 363 g/mol. The molecule has 27 heavy (non-hydrogen) atoms. The van der Waals surface area contributed by atoms with Crippen molar-refractivity contribution >= 4 is 22.8 Å². The molecule has 0 saturated heterocycles. The van der Waals surface area contributed by atoms with Gasteiger partial charge in [-0.25, -0.2) is 0 Å². The van der Waals surface area contributed by atoms with Crippen LogP contribution in [0.2, 0.25) is 0 Å².